The van der Waals surface area contributed by atoms with Gasteiger partial charge in [0.05, 0.1) is 12.8 Å². The van der Waals surface area contributed by atoms with Gasteiger partial charge in [-0.3, -0.25) is 10.1 Å². The minimum atomic E-state index is -0.481. The Morgan fingerprint density at radius 3 is 2.60 bits per heavy atom. The van der Waals surface area contributed by atoms with Gasteiger partial charge in [-0.05, 0) is 31.2 Å². The van der Waals surface area contributed by atoms with Crippen LogP contribution in [0.4, 0.5) is 5.13 Å². The van der Waals surface area contributed by atoms with Gasteiger partial charge in [-0.2, -0.15) is 0 Å². The summed E-state index contributed by atoms with van der Waals surface area (Å²) < 4.78 is 11.2. The summed E-state index contributed by atoms with van der Waals surface area (Å²) in [5, 5.41) is 2.94. The number of esters is 1. The zero-order valence-corrected chi connectivity index (χ0v) is 15.7. The molecule has 128 valence electrons. The molecule has 0 atom stereocenters. The molecular weight excluding hydrogens is 408 g/mol. The quantitative estimate of drug-likeness (QED) is 0.627. The number of aryl methyl sites for hydroxylation is 1. The Balaban J connectivity index is 1.76. The molecule has 0 unspecified atom stereocenters. The third-order valence-corrected chi connectivity index (χ3v) is 4.93. The summed E-state index contributed by atoms with van der Waals surface area (Å²) in [6, 6.07) is 10.9. The summed E-state index contributed by atoms with van der Waals surface area (Å²) in [5.74, 6) is -0.173. The summed E-state index contributed by atoms with van der Waals surface area (Å²) >= 11 is 4.43. The Kier molecular flexibility index (Phi) is 5.00. The van der Waals surface area contributed by atoms with Gasteiger partial charge in [0.2, 0.25) is 0 Å². The van der Waals surface area contributed by atoms with E-state index in [0.29, 0.717) is 21.5 Å². The van der Waals surface area contributed by atoms with E-state index >= 15 is 0 Å². The molecule has 0 aliphatic carbocycles. The van der Waals surface area contributed by atoms with E-state index in [1.807, 2.05) is 24.3 Å². The lowest BCUT2D eigenvalue weighted by atomic mass is 10.2. The zero-order chi connectivity index (χ0) is 18.0. The van der Waals surface area contributed by atoms with Crippen molar-refractivity contribution in [2.75, 3.05) is 12.4 Å². The molecule has 25 heavy (non-hydrogen) atoms. The maximum Gasteiger partial charge on any atom is 0.350 e. The van der Waals surface area contributed by atoms with Crippen LogP contribution in [0.25, 0.3) is 11.3 Å². The molecule has 3 rings (SSSR count). The average molecular weight is 421 g/mol. The number of furan rings is 1. The van der Waals surface area contributed by atoms with Gasteiger partial charge in [-0.25, -0.2) is 9.78 Å². The van der Waals surface area contributed by atoms with Gasteiger partial charge in [0.25, 0.3) is 5.91 Å². The van der Waals surface area contributed by atoms with Gasteiger partial charge in [0, 0.05) is 10.0 Å². The molecule has 0 bridgehead atoms. The van der Waals surface area contributed by atoms with E-state index in [1.165, 1.54) is 7.11 Å². The maximum absolute atomic E-state index is 12.3. The third-order valence-electron chi connectivity index (χ3n) is 3.35. The predicted octanol–water partition coefficient (Wildman–Crippen LogP) is 4.51. The second-order valence-electron chi connectivity index (χ2n) is 5.05. The van der Waals surface area contributed by atoms with Crippen LogP contribution in [0.5, 0.6) is 0 Å². The highest BCUT2D eigenvalue weighted by atomic mass is 79.9. The van der Waals surface area contributed by atoms with Crippen LogP contribution < -0.4 is 5.32 Å². The van der Waals surface area contributed by atoms with Gasteiger partial charge < -0.3 is 9.15 Å². The van der Waals surface area contributed by atoms with E-state index in [1.54, 1.807) is 19.1 Å². The van der Waals surface area contributed by atoms with Crippen LogP contribution in [0.1, 0.15) is 25.9 Å². The second kappa shape index (κ2) is 7.20. The molecule has 6 nitrogen and oxygen atoms in total. The Morgan fingerprint density at radius 2 is 1.92 bits per heavy atom. The topological polar surface area (TPSA) is 81.4 Å². The van der Waals surface area contributed by atoms with E-state index in [4.69, 9.17) is 4.42 Å². The lowest BCUT2D eigenvalue weighted by Crippen LogP contribution is -2.10. The first-order chi connectivity index (χ1) is 12.0. The van der Waals surface area contributed by atoms with Crippen LogP contribution in [0, 0.1) is 6.92 Å². The molecule has 0 fully saturated rings. The number of hydrogen-bond donors (Lipinski definition) is 1. The van der Waals surface area contributed by atoms with Crippen LogP contribution in [0.3, 0.4) is 0 Å². The highest BCUT2D eigenvalue weighted by Gasteiger charge is 2.19. The highest BCUT2D eigenvalue weighted by Crippen LogP contribution is 2.26. The number of ether oxygens (including phenoxy) is 1. The van der Waals surface area contributed by atoms with Crippen molar-refractivity contribution in [2.24, 2.45) is 0 Å². The fourth-order valence-corrected chi connectivity index (χ4v) is 3.26. The number of methoxy groups -OCH3 is 1. The molecule has 0 radical (unpaired) electrons. The van der Waals surface area contributed by atoms with E-state index in [0.717, 1.165) is 21.4 Å². The molecule has 0 aliphatic rings. The number of amides is 1. The number of aromatic nitrogens is 1. The number of carbonyl (C=O) groups is 2. The fraction of sp³-hybridized carbons (Fsp3) is 0.118. The molecule has 1 N–H and O–H groups in total. The van der Waals surface area contributed by atoms with Crippen LogP contribution >= 0.6 is 27.3 Å². The number of hydrogen-bond acceptors (Lipinski definition) is 6. The van der Waals surface area contributed by atoms with Gasteiger partial charge in [-0.15, -0.1) is 0 Å². The van der Waals surface area contributed by atoms with Crippen molar-refractivity contribution in [3.63, 3.8) is 0 Å². The normalized spacial score (nSPS) is 10.5. The van der Waals surface area contributed by atoms with Crippen LogP contribution in [-0.4, -0.2) is 24.0 Å². The predicted molar refractivity (Wildman–Crippen MR) is 98.0 cm³/mol. The van der Waals surface area contributed by atoms with Crippen molar-refractivity contribution in [1.29, 1.82) is 0 Å². The molecule has 2 heterocycles. The van der Waals surface area contributed by atoms with Crippen LogP contribution in [0.15, 0.2) is 45.3 Å². The molecule has 1 amide bonds. The number of benzene rings is 1. The number of nitrogens with one attached hydrogen (secondary N) is 1. The molecule has 0 saturated carbocycles. The molecule has 0 spiro atoms. The van der Waals surface area contributed by atoms with Crippen molar-refractivity contribution in [2.45, 2.75) is 6.92 Å². The molecular formula is C17H13BrN2O4S. The second-order valence-corrected chi connectivity index (χ2v) is 6.96. The van der Waals surface area contributed by atoms with Crippen LogP contribution in [0.2, 0.25) is 0 Å². The molecule has 8 heteroatoms. The van der Waals surface area contributed by atoms with E-state index in [-0.39, 0.29) is 5.76 Å². The molecule has 0 aliphatic heterocycles. The minimum Gasteiger partial charge on any atom is -0.465 e. The van der Waals surface area contributed by atoms with Crippen molar-refractivity contribution < 1.29 is 18.7 Å². The van der Waals surface area contributed by atoms with E-state index < -0.39 is 11.9 Å². The number of thiazole rings is 1. The number of carbonyl (C=O) groups excluding carboxylic acids is 2. The largest absolute Gasteiger partial charge is 0.465 e. The van der Waals surface area contributed by atoms with Gasteiger partial charge >= 0.3 is 5.97 Å². The molecule has 3 aromatic rings. The van der Waals surface area contributed by atoms with Crippen molar-refractivity contribution >= 4 is 44.3 Å². The number of halogens is 1. The highest BCUT2D eigenvalue weighted by molar-refractivity contribution is 9.10. The van der Waals surface area contributed by atoms with Gasteiger partial charge in [-0.1, -0.05) is 39.4 Å². The lowest BCUT2D eigenvalue weighted by molar-refractivity contribution is 0.0605. The van der Waals surface area contributed by atoms with Gasteiger partial charge in [0.1, 0.15) is 10.6 Å². The summed E-state index contributed by atoms with van der Waals surface area (Å²) in [6.07, 6.45) is 0. The Morgan fingerprint density at radius 1 is 1.20 bits per heavy atom. The lowest BCUT2D eigenvalue weighted by Gasteiger charge is -1.99. The first-order valence-corrected chi connectivity index (χ1v) is 8.81. The molecule has 0 saturated heterocycles. The molecule has 1 aromatic carbocycles. The number of nitrogens with zero attached hydrogens (tertiary/aromatic N) is 1. The van der Waals surface area contributed by atoms with Crippen molar-refractivity contribution in [3.8, 4) is 11.3 Å². The SMILES string of the molecule is COC(=O)c1sc(NC(=O)c2ccc(-c3ccc(Br)cc3)o2)nc1C. The Labute approximate surface area is 156 Å². The Hall–Kier alpha value is -2.45. The Bertz CT molecular complexity index is 931. The van der Waals surface area contributed by atoms with Crippen molar-refractivity contribution in [3.05, 3.63) is 57.2 Å². The standard InChI is InChI=1S/C17H13BrN2O4S/c1-9-14(16(22)23-2)25-17(19-9)20-15(21)13-8-7-12(24-13)10-3-5-11(18)6-4-10/h3-8H,1-2H3,(H,19,20,21). The summed E-state index contributed by atoms with van der Waals surface area (Å²) in [6.45, 7) is 1.68. The number of rotatable bonds is 4. The first-order valence-electron chi connectivity index (χ1n) is 7.21. The molecule has 2 aromatic heterocycles. The van der Waals surface area contributed by atoms with Crippen LogP contribution in [-0.2, 0) is 4.74 Å². The van der Waals surface area contributed by atoms with Crippen molar-refractivity contribution in [1.82, 2.24) is 4.98 Å². The first kappa shape index (κ1) is 17.4. The van der Waals surface area contributed by atoms with E-state index in [2.05, 4.69) is 31.0 Å². The monoisotopic (exact) mass is 420 g/mol. The van der Waals surface area contributed by atoms with E-state index in [9.17, 15) is 9.59 Å². The number of anilines is 1. The fourth-order valence-electron chi connectivity index (χ4n) is 2.12. The smallest absolute Gasteiger partial charge is 0.350 e. The zero-order valence-electron chi connectivity index (χ0n) is 13.3. The third kappa shape index (κ3) is 3.80. The summed E-state index contributed by atoms with van der Waals surface area (Å²) in [7, 11) is 1.30. The average Bonchev–Trinajstić information content (AvgIpc) is 3.22. The minimum absolute atomic E-state index is 0.158. The summed E-state index contributed by atoms with van der Waals surface area (Å²) in [5.41, 5.74) is 1.36. The van der Waals surface area contributed by atoms with Gasteiger partial charge in [0.15, 0.2) is 10.9 Å². The maximum atomic E-state index is 12.3. The summed E-state index contributed by atoms with van der Waals surface area (Å²) in [4.78, 5) is 28.4.